The molecule has 0 spiro atoms. The van der Waals surface area contributed by atoms with Crippen LogP contribution in [0.1, 0.15) is 26.4 Å². The third-order valence-electron chi connectivity index (χ3n) is 4.03. The number of carbonyl (C=O) groups is 2. The van der Waals surface area contributed by atoms with E-state index >= 15 is 0 Å². The second-order valence-corrected chi connectivity index (χ2v) is 6.47. The summed E-state index contributed by atoms with van der Waals surface area (Å²) < 4.78 is 2.44. The third kappa shape index (κ3) is 2.89. The Labute approximate surface area is 156 Å². The van der Waals surface area contributed by atoms with Crippen LogP contribution in [0.5, 0.6) is 0 Å². The Morgan fingerprint density at radius 3 is 2.62 bits per heavy atom. The maximum atomic E-state index is 12.7. The summed E-state index contributed by atoms with van der Waals surface area (Å²) in [6.07, 6.45) is 0. The first-order valence-electron chi connectivity index (χ1n) is 7.45. The molecule has 3 aromatic rings. The van der Waals surface area contributed by atoms with Gasteiger partial charge in [-0.25, -0.2) is 4.79 Å². The molecule has 0 saturated carbocycles. The molecule has 2 aromatic carbocycles. The highest BCUT2D eigenvalue weighted by atomic mass is 79.9. The smallest absolute Gasteiger partial charge is 0.337 e. The monoisotopic (exact) mass is 412 g/mol. The number of hydrogen-bond acceptors (Lipinski definition) is 4. The van der Waals surface area contributed by atoms with Crippen LogP contribution in [-0.2, 0) is 7.05 Å². The molecule has 26 heavy (non-hydrogen) atoms. The highest BCUT2D eigenvalue weighted by molar-refractivity contribution is 9.10. The Balaban J connectivity index is 2.05. The van der Waals surface area contributed by atoms with Gasteiger partial charge in [-0.15, -0.1) is 0 Å². The zero-order valence-corrected chi connectivity index (χ0v) is 15.2. The first-order chi connectivity index (χ1) is 12.3. The predicted octanol–water partition coefficient (Wildman–Crippen LogP) is 3.35. The van der Waals surface area contributed by atoms with Crippen molar-refractivity contribution in [3.05, 3.63) is 57.7 Å². The summed E-state index contributed by atoms with van der Waals surface area (Å²) >= 11 is 3.43. The lowest BCUT2D eigenvalue weighted by molar-refractivity contribution is 0.0698. The fourth-order valence-electron chi connectivity index (χ4n) is 2.77. The van der Waals surface area contributed by atoms with Gasteiger partial charge in [0.2, 0.25) is 0 Å². The third-order valence-corrected chi connectivity index (χ3v) is 4.72. The molecule has 0 aliphatic rings. The summed E-state index contributed by atoms with van der Waals surface area (Å²) in [5, 5.41) is 21.6. The number of aryl methyl sites for hydroxylation is 1. The molecule has 0 bridgehead atoms. The van der Waals surface area contributed by atoms with Crippen LogP contribution in [-0.4, -0.2) is 21.6 Å². The van der Waals surface area contributed by atoms with Crippen LogP contribution in [0.15, 0.2) is 40.9 Å². The number of carbonyl (C=O) groups excluding carboxylic acids is 1. The maximum absolute atomic E-state index is 12.7. The number of fused-ring (bicyclic) bond motifs is 1. The van der Waals surface area contributed by atoms with E-state index in [1.165, 1.54) is 18.2 Å². The number of nitrogens with two attached hydrogens (primary N) is 1. The van der Waals surface area contributed by atoms with Gasteiger partial charge < -0.3 is 20.7 Å². The van der Waals surface area contributed by atoms with Crippen molar-refractivity contribution in [2.75, 3.05) is 11.1 Å². The Morgan fingerprint density at radius 1 is 1.27 bits per heavy atom. The van der Waals surface area contributed by atoms with Gasteiger partial charge in [0.1, 0.15) is 5.69 Å². The Bertz CT molecular complexity index is 1110. The molecule has 4 N–H and O–H groups in total. The molecular formula is C18H13BrN4O3. The zero-order chi connectivity index (χ0) is 19.0. The lowest BCUT2D eigenvalue weighted by atomic mass is 10.1. The van der Waals surface area contributed by atoms with E-state index in [9.17, 15) is 14.7 Å². The van der Waals surface area contributed by atoms with E-state index in [2.05, 4.69) is 21.2 Å². The van der Waals surface area contributed by atoms with E-state index in [4.69, 9.17) is 11.0 Å². The molecule has 0 aliphatic carbocycles. The predicted molar refractivity (Wildman–Crippen MR) is 101 cm³/mol. The van der Waals surface area contributed by atoms with Gasteiger partial charge in [0.05, 0.1) is 34.1 Å². The summed E-state index contributed by atoms with van der Waals surface area (Å²) in [4.78, 5) is 24.1. The second kappa shape index (κ2) is 6.54. The highest BCUT2D eigenvalue weighted by Crippen LogP contribution is 2.31. The van der Waals surface area contributed by atoms with E-state index in [-0.39, 0.29) is 16.8 Å². The molecule has 0 atom stereocenters. The number of benzene rings is 2. The average Bonchev–Trinajstić information content (AvgIpc) is 2.97. The van der Waals surface area contributed by atoms with Crippen molar-refractivity contribution < 1.29 is 14.7 Å². The molecule has 0 radical (unpaired) electrons. The number of carboxylic acid groups (broad SMARTS) is 1. The molecule has 7 nitrogen and oxygen atoms in total. The zero-order valence-electron chi connectivity index (χ0n) is 13.6. The molecule has 8 heteroatoms. The van der Waals surface area contributed by atoms with Crippen molar-refractivity contribution in [2.24, 2.45) is 7.05 Å². The van der Waals surface area contributed by atoms with Crippen LogP contribution in [0.2, 0.25) is 0 Å². The van der Waals surface area contributed by atoms with Gasteiger partial charge in [0.15, 0.2) is 0 Å². The van der Waals surface area contributed by atoms with Crippen LogP contribution in [0.3, 0.4) is 0 Å². The molecule has 0 saturated heterocycles. The lowest BCUT2D eigenvalue weighted by Gasteiger charge is -2.10. The van der Waals surface area contributed by atoms with Crippen LogP contribution in [0, 0.1) is 11.3 Å². The Kier molecular flexibility index (Phi) is 4.40. The number of carboxylic acids is 1. The van der Waals surface area contributed by atoms with Crippen molar-refractivity contribution in [3.8, 4) is 6.07 Å². The first-order valence-corrected chi connectivity index (χ1v) is 8.25. The van der Waals surface area contributed by atoms with Crippen LogP contribution < -0.4 is 11.1 Å². The number of hydrogen-bond donors (Lipinski definition) is 3. The number of nitrogen functional groups attached to an aromatic ring is 1. The molecule has 0 fully saturated rings. The fourth-order valence-corrected chi connectivity index (χ4v) is 3.20. The van der Waals surface area contributed by atoms with Crippen molar-refractivity contribution in [2.45, 2.75) is 0 Å². The molecule has 0 unspecified atom stereocenters. The lowest BCUT2D eigenvalue weighted by Crippen LogP contribution is -2.17. The van der Waals surface area contributed by atoms with E-state index in [1.54, 1.807) is 29.8 Å². The first kappa shape index (κ1) is 17.5. The van der Waals surface area contributed by atoms with Gasteiger partial charge >= 0.3 is 5.97 Å². The van der Waals surface area contributed by atoms with Crippen molar-refractivity contribution in [3.63, 3.8) is 0 Å². The number of nitriles is 1. The molecular weight excluding hydrogens is 400 g/mol. The Hall–Kier alpha value is -3.31. The quantitative estimate of drug-likeness (QED) is 0.569. The SMILES string of the molecule is Cn1c(C(=O)Nc2ccc(C#N)cc2C(=O)O)cc2c(Br)ccc(N)c21. The minimum atomic E-state index is -1.23. The molecule has 0 aliphatic heterocycles. The fraction of sp³-hybridized carbons (Fsp3) is 0.0556. The minimum Gasteiger partial charge on any atom is -0.478 e. The standard InChI is InChI=1S/C18H13BrN4O3/c1-23-15(7-10-12(19)3-4-13(21)16(10)23)17(24)22-14-5-2-9(8-20)6-11(14)18(25)26/h2-7H,21H2,1H3,(H,22,24)(H,25,26). The van der Waals surface area contributed by atoms with Crippen molar-refractivity contribution in [1.82, 2.24) is 4.57 Å². The van der Waals surface area contributed by atoms with Gasteiger partial charge in [-0.05, 0) is 36.4 Å². The van der Waals surface area contributed by atoms with Crippen LogP contribution in [0.25, 0.3) is 10.9 Å². The number of amides is 1. The number of nitrogens with one attached hydrogen (secondary N) is 1. The van der Waals surface area contributed by atoms with Crippen LogP contribution >= 0.6 is 15.9 Å². The van der Waals surface area contributed by atoms with Gasteiger partial charge in [-0.3, -0.25) is 4.79 Å². The highest BCUT2D eigenvalue weighted by Gasteiger charge is 2.19. The van der Waals surface area contributed by atoms with E-state index in [0.29, 0.717) is 16.9 Å². The van der Waals surface area contributed by atoms with Crippen LogP contribution in [0.4, 0.5) is 11.4 Å². The average molecular weight is 413 g/mol. The Morgan fingerprint density at radius 2 is 2.00 bits per heavy atom. The van der Waals surface area contributed by atoms with E-state index in [1.807, 2.05) is 6.07 Å². The summed E-state index contributed by atoms with van der Waals surface area (Å²) in [6, 6.07) is 11.1. The normalized spacial score (nSPS) is 10.5. The largest absolute Gasteiger partial charge is 0.478 e. The summed E-state index contributed by atoms with van der Waals surface area (Å²) in [6.45, 7) is 0. The number of aromatic nitrogens is 1. The summed E-state index contributed by atoms with van der Waals surface area (Å²) in [5.41, 5.74) is 7.69. The van der Waals surface area contributed by atoms with Gasteiger partial charge in [0.25, 0.3) is 5.91 Å². The number of anilines is 2. The molecule has 3 rings (SSSR count). The molecule has 1 heterocycles. The molecule has 130 valence electrons. The van der Waals surface area contributed by atoms with E-state index in [0.717, 1.165) is 9.86 Å². The van der Waals surface area contributed by atoms with Gasteiger partial charge in [-0.2, -0.15) is 5.26 Å². The maximum Gasteiger partial charge on any atom is 0.337 e. The number of nitrogens with zero attached hydrogens (tertiary/aromatic N) is 2. The minimum absolute atomic E-state index is 0.110. The van der Waals surface area contributed by atoms with Gasteiger partial charge in [0, 0.05) is 16.9 Å². The number of halogens is 1. The topological polar surface area (TPSA) is 121 Å². The van der Waals surface area contributed by atoms with E-state index < -0.39 is 11.9 Å². The van der Waals surface area contributed by atoms with Crippen molar-refractivity contribution in [1.29, 1.82) is 5.26 Å². The number of rotatable bonds is 3. The summed E-state index contributed by atoms with van der Waals surface area (Å²) in [5.74, 6) is -1.72. The number of aromatic carboxylic acids is 1. The molecule has 1 aromatic heterocycles. The summed E-state index contributed by atoms with van der Waals surface area (Å²) in [7, 11) is 1.71. The molecule has 1 amide bonds. The van der Waals surface area contributed by atoms with Crippen molar-refractivity contribution >= 4 is 50.1 Å². The second-order valence-electron chi connectivity index (χ2n) is 5.62. The van der Waals surface area contributed by atoms with Gasteiger partial charge in [-0.1, -0.05) is 15.9 Å².